The zero-order valence-corrected chi connectivity index (χ0v) is 18.3. The molecule has 2 heterocycles. The van der Waals surface area contributed by atoms with Crippen LogP contribution in [0.5, 0.6) is 0 Å². The average molecular weight is 453 g/mol. The summed E-state index contributed by atoms with van der Waals surface area (Å²) in [6, 6.07) is 9.67. The lowest BCUT2D eigenvalue weighted by molar-refractivity contribution is -0.384. The fourth-order valence-corrected chi connectivity index (χ4v) is 4.45. The molecule has 0 bridgehead atoms. The zero-order chi connectivity index (χ0) is 23.0. The van der Waals surface area contributed by atoms with Crippen LogP contribution in [0, 0.1) is 17.0 Å². The Labute approximate surface area is 189 Å². The highest BCUT2D eigenvalue weighted by Gasteiger charge is 2.39. The van der Waals surface area contributed by atoms with Crippen LogP contribution in [0.1, 0.15) is 43.4 Å². The minimum Gasteiger partial charge on any atom is -0.362 e. The number of nitrogens with one attached hydrogen (secondary N) is 2. The fraction of sp³-hybridized carbons (Fsp3) is 0.261. The van der Waals surface area contributed by atoms with Gasteiger partial charge in [0.15, 0.2) is 5.78 Å². The Hall–Kier alpha value is -3.52. The molecule has 0 fully saturated rings. The van der Waals surface area contributed by atoms with Gasteiger partial charge in [-0.1, -0.05) is 23.7 Å². The van der Waals surface area contributed by atoms with Crippen molar-refractivity contribution in [2.45, 2.75) is 39.0 Å². The van der Waals surface area contributed by atoms with Crippen LogP contribution < -0.4 is 10.6 Å². The van der Waals surface area contributed by atoms with Crippen LogP contribution in [-0.2, 0) is 9.59 Å². The third-order valence-electron chi connectivity index (χ3n) is 5.65. The maximum absolute atomic E-state index is 13.4. The first-order chi connectivity index (χ1) is 15.3. The molecular formula is C23H21ClN4O4. The van der Waals surface area contributed by atoms with Gasteiger partial charge in [-0.3, -0.25) is 19.7 Å². The summed E-state index contributed by atoms with van der Waals surface area (Å²) in [5.74, 6) is -0.876. The smallest absolute Gasteiger partial charge is 0.288 e. The van der Waals surface area contributed by atoms with Crippen molar-refractivity contribution in [1.29, 1.82) is 0 Å². The molecule has 1 aromatic carbocycles. The first-order valence-corrected chi connectivity index (χ1v) is 10.6. The highest BCUT2D eigenvalue weighted by molar-refractivity contribution is 6.32. The van der Waals surface area contributed by atoms with E-state index in [4.69, 9.17) is 11.6 Å². The van der Waals surface area contributed by atoms with Gasteiger partial charge in [-0.05, 0) is 50.5 Å². The van der Waals surface area contributed by atoms with Crippen LogP contribution in [0.2, 0.25) is 5.02 Å². The second kappa shape index (κ2) is 8.55. The number of halogens is 1. The summed E-state index contributed by atoms with van der Waals surface area (Å²) in [4.78, 5) is 41.6. The number of ketones is 1. The number of allylic oxidation sites excluding steroid dienone is 3. The van der Waals surface area contributed by atoms with Gasteiger partial charge in [0.1, 0.15) is 10.8 Å². The Kier molecular flexibility index (Phi) is 5.80. The number of benzene rings is 1. The monoisotopic (exact) mass is 452 g/mol. The number of nitrogens with zero attached hydrogens (tertiary/aromatic N) is 2. The molecular weight excluding hydrogens is 432 g/mol. The fourth-order valence-electron chi connectivity index (χ4n) is 4.26. The normalized spacial score (nSPS) is 18.2. The van der Waals surface area contributed by atoms with E-state index in [1.165, 1.54) is 12.1 Å². The van der Waals surface area contributed by atoms with Crippen LogP contribution in [0.4, 0.5) is 11.5 Å². The van der Waals surface area contributed by atoms with E-state index in [0.717, 1.165) is 11.4 Å². The molecule has 2 N–H and O–H groups in total. The maximum atomic E-state index is 13.4. The number of dihydropyridines is 1. The molecule has 1 aromatic heterocycles. The molecule has 0 spiro atoms. The molecule has 4 rings (SSSR count). The van der Waals surface area contributed by atoms with Gasteiger partial charge in [-0.15, -0.1) is 0 Å². The molecule has 2 aliphatic rings. The molecule has 0 unspecified atom stereocenters. The summed E-state index contributed by atoms with van der Waals surface area (Å²) in [6.45, 7) is 3.58. The van der Waals surface area contributed by atoms with Crippen molar-refractivity contribution in [3.05, 3.63) is 85.3 Å². The second-order valence-corrected chi connectivity index (χ2v) is 8.26. The number of amides is 1. The number of hydrogen-bond donors (Lipinski definition) is 2. The summed E-state index contributed by atoms with van der Waals surface area (Å²) < 4.78 is 0. The summed E-state index contributed by atoms with van der Waals surface area (Å²) in [7, 11) is 0. The topological polar surface area (TPSA) is 114 Å². The number of anilines is 1. The van der Waals surface area contributed by atoms with Gasteiger partial charge in [0, 0.05) is 46.6 Å². The summed E-state index contributed by atoms with van der Waals surface area (Å²) in [6.07, 6.45) is 1.74. The molecule has 1 atom stereocenters. The summed E-state index contributed by atoms with van der Waals surface area (Å²) in [5, 5.41) is 17.5. The lowest BCUT2D eigenvalue weighted by Gasteiger charge is -2.34. The number of hydrogen-bond acceptors (Lipinski definition) is 6. The average Bonchev–Trinajstić information content (AvgIpc) is 2.73. The van der Waals surface area contributed by atoms with E-state index in [1.54, 1.807) is 25.1 Å². The minimum absolute atomic E-state index is 0.00692. The third-order valence-corrected chi connectivity index (χ3v) is 5.97. The first-order valence-electron chi connectivity index (χ1n) is 10.2. The van der Waals surface area contributed by atoms with E-state index in [-0.39, 0.29) is 16.5 Å². The van der Waals surface area contributed by atoms with Crippen molar-refractivity contribution in [3.63, 3.8) is 0 Å². The zero-order valence-electron chi connectivity index (χ0n) is 17.6. The molecule has 1 aliphatic heterocycles. The van der Waals surface area contributed by atoms with Gasteiger partial charge in [0.25, 0.3) is 11.6 Å². The SMILES string of the molecule is CC1=C(C(=O)Nc2cccc(C)n2)[C@@H](c2ccc(Cl)c([N+](=O)[O-])c2)C2=C(CCCC2=O)N1. The van der Waals surface area contributed by atoms with Crippen LogP contribution in [0.3, 0.4) is 0 Å². The first kappa shape index (κ1) is 21.7. The van der Waals surface area contributed by atoms with Crippen LogP contribution in [0.15, 0.2) is 58.9 Å². The number of aryl methyl sites for hydroxylation is 1. The van der Waals surface area contributed by atoms with Gasteiger partial charge in [0.2, 0.25) is 0 Å². The number of carbonyl (C=O) groups excluding carboxylic acids is 2. The molecule has 32 heavy (non-hydrogen) atoms. The number of Topliss-reactive ketones (excluding diaryl/α,β-unsaturated/α-hetero) is 1. The van der Waals surface area contributed by atoms with E-state index in [0.29, 0.717) is 47.5 Å². The molecule has 0 saturated heterocycles. The van der Waals surface area contributed by atoms with Gasteiger partial charge >= 0.3 is 0 Å². The molecule has 164 valence electrons. The maximum Gasteiger partial charge on any atom is 0.288 e. The van der Waals surface area contributed by atoms with Gasteiger partial charge in [-0.2, -0.15) is 0 Å². The summed E-state index contributed by atoms with van der Waals surface area (Å²) >= 11 is 6.01. The number of aromatic nitrogens is 1. The third kappa shape index (κ3) is 4.01. The van der Waals surface area contributed by atoms with Crippen LogP contribution >= 0.6 is 11.6 Å². The van der Waals surface area contributed by atoms with Crippen molar-refractivity contribution in [1.82, 2.24) is 10.3 Å². The van der Waals surface area contributed by atoms with Crippen LogP contribution in [-0.4, -0.2) is 21.6 Å². The van der Waals surface area contributed by atoms with Crippen LogP contribution in [0.25, 0.3) is 0 Å². The molecule has 2 aromatic rings. The molecule has 1 aliphatic carbocycles. The van der Waals surface area contributed by atoms with Gasteiger partial charge in [-0.25, -0.2) is 4.98 Å². The van der Waals surface area contributed by atoms with Gasteiger partial charge < -0.3 is 10.6 Å². The molecule has 8 nitrogen and oxygen atoms in total. The van der Waals surface area contributed by atoms with Crippen molar-refractivity contribution in [3.8, 4) is 0 Å². The largest absolute Gasteiger partial charge is 0.362 e. The van der Waals surface area contributed by atoms with Crippen molar-refractivity contribution in [2.24, 2.45) is 0 Å². The Morgan fingerprint density at radius 1 is 1.25 bits per heavy atom. The standard InChI is InChI=1S/C23H21ClN4O4/c1-12-5-3-8-19(25-12)27-23(30)20-13(2)26-16-6-4-7-18(29)22(16)21(20)14-9-10-15(24)17(11-14)28(31)32/h3,5,8-11,21,26H,4,6-7H2,1-2H3,(H,25,27,30)/t21-/m1/s1. The number of rotatable bonds is 4. The highest BCUT2D eigenvalue weighted by Crippen LogP contribution is 2.43. The van der Waals surface area contributed by atoms with Crippen molar-refractivity contribution in [2.75, 3.05) is 5.32 Å². The number of carbonyl (C=O) groups is 2. The Balaban J connectivity index is 1.84. The Morgan fingerprint density at radius 2 is 2.03 bits per heavy atom. The van der Waals surface area contributed by atoms with Crippen molar-refractivity contribution < 1.29 is 14.5 Å². The summed E-state index contributed by atoms with van der Waals surface area (Å²) in [5.41, 5.74) is 3.07. The molecule has 9 heteroatoms. The second-order valence-electron chi connectivity index (χ2n) is 7.85. The number of nitro groups is 1. The predicted molar refractivity (Wildman–Crippen MR) is 120 cm³/mol. The number of pyridine rings is 1. The van der Waals surface area contributed by atoms with E-state index < -0.39 is 16.7 Å². The predicted octanol–water partition coefficient (Wildman–Crippen LogP) is 4.56. The minimum atomic E-state index is -0.750. The number of nitro benzene ring substituents is 1. The van der Waals surface area contributed by atoms with E-state index in [2.05, 4.69) is 15.6 Å². The Bertz CT molecular complexity index is 1220. The Morgan fingerprint density at radius 3 is 2.75 bits per heavy atom. The van der Waals surface area contributed by atoms with E-state index >= 15 is 0 Å². The lowest BCUT2D eigenvalue weighted by Crippen LogP contribution is -2.35. The quantitative estimate of drug-likeness (QED) is 0.519. The van der Waals surface area contributed by atoms with E-state index in [9.17, 15) is 19.7 Å². The van der Waals surface area contributed by atoms with Gasteiger partial charge in [0.05, 0.1) is 4.92 Å². The lowest BCUT2D eigenvalue weighted by atomic mass is 9.75. The van der Waals surface area contributed by atoms with E-state index in [1.807, 2.05) is 13.0 Å². The highest BCUT2D eigenvalue weighted by atomic mass is 35.5. The molecule has 1 amide bonds. The molecule has 0 saturated carbocycles. The van der Waals surface area contributed by atoms with Crippen molar-refractivity contribution >= 4 is 34.8 Å². The molecule has 0 radical (unpaired) electrons.